The summed E-state index contributed by atoms with van der Waals surface area (Å²) in [7, 11) is 3.93. The molecule has 0 spiro atoms. The van der Waals surface area contributed by atoms with Crippen LogP contribution in [0.2, 0.25) is 5.02 Å². The van der Waals surface area contributed by atoms with E-state index in [-0.39, 0.29) is 0 Å². The van der Waals surface area contributed by atoms with Gasteiger partial charge in [0.1, 0.15) is 0 Å². The van der Waals surface area contributed by atoms with Crippen molar-refractivity contribution in [2.45, 2.75) is 6.54 Å². The maximum absolute atomic E-state index is 6.20. The Labute approximate surface area is 112 Å². The Balaban J connectivity index is 2.17. The van der Waals surface area contributed by atoms with Gasteiger partial charge in [0.05, 0.1) is 34.8 Å². The molecule has 0 saturated carbocycles. The molecule has 0 unspecified atom stereocenters. The summed E-state index contributed by atoms with van der Waals surface area (Å²) >= 11 is 6.20. The largest absolute Gasteiger partial charge is 0.378 e. The third-order valence-electron chi connectivity index (χ3n) is 2.51. The first kappa shape index (κ1) is 12.6. The van der Waals surface area contributed by atoms with Crippen molar-refractivity contribution < 1.29 is 0 Å². The van der Waals surface area contributed by atoms with Gasteiger partial charge in [0.2, 0.25) is 0 Å². The topological polar surface area (TPSA) is 41.0 Å². The predicted octanol–water partition coefficient (Wildman–Crippen LogP) is 2.81. The Hall–Kier alpha value is -1.81. The van der Waals surface area contributed by atoms with Crippen molar-refractivity contribution in [2.24, 2.45) is 0 Å². The highest BCUT2D eigenvalue weighted by atomic mass is 35.5. The molecular weight excluding hydrogens is 248 g/mol. The van der Waals surface area contributed by atoms with Crippen molar-refractivity contribution in [1.82, 2.24) is 9.97 Å². The molecule has 0 atom stereocenters. The van der Waals surface area contributed by atoms with Crippen molar-refractivity contribution in [2.75, 3.05) is 24.3 Å². The normalized spacial score (nSPS) is 10.2. The SMILES string of the molecule is CN(C)c1c(Cl)cccc1NCc1cnccn1. The van der Waals surface area contributed by atoms with Crippen molar-refractivity contribution in [3.63, 3.8) is 0 Å². The summed E-state index contributed by atoms with van der Waals surface area (Å²) in [5.74, 6) is 0. The van der Waals surface area contributed by atoms with Crippen LogP contribution in [0.5, 0.6) is 0 Å². The Morgan fingerprint density at radius 1 is 1.28 bits per heavy atom. The zero-order valence-electron chi connectivity index (χ0n) is 10.4. The Kier molecular flexibility index (Phi) is 3.99. The van der Waals surface area contributed by atoms with Gasteiger partial charge >= 0.3 is 0 Å². The zero-order valence-corrected chi connectivity index (χ0v) is 11.1. The molecule has 2 aromatic rings. The van der Waals surface area contributed by atoms with Crippen molar-refractivity contribution in [3.8, 4) is 0 Å². The second-order valence-electron chi connectivity index (χ2n) is 4.08. The average Bonchev–Trinajstić information content (AvgIpc) is 2.37. The van der Waals surface area contributed by atoms with Crippen LogP contribution in [0.1, 0.15) is 5.69 Å². The van der Waals surface area contributed by atoms with Crippen LogP contribution >= 0.6 is 11.6 Å². The smallest absolute Gasteiger partial charge is 0.0786 e. The lowest BCUT2D eigenvalue weighted by Gasteiger charge is -2.19. The van der Waals surface area contributed by atoms with E-state index in [2.05, 4.69) is 15.3 Å². The number of anilines is 2. The molecule has 2 rings (SSSR count). The highest BCUT2D eigenvalue weighted by molar-refractivity contribution is 6.34. The number of hydrogen-bond donors (Lipinski definition) is 1. The number of aromatic nitrogens is 2. The number of para-hydroxylation sites is 1. The Morgan fingerprint density at radius 3 is 2.78 bits per heavy atom. The standard InChI is InChI=1S/C13H15ClN4/c1-18(2)13-11(14)4-3-5-12(13)17-9-10-8-15-6-7-16-10/h3-8,17H,9H2,1-2H3. The molecule has 0 amide bonds. The molecule has 0 aliphatic rings. The van der Waals surface area contributed by atoms with E-state index in [1.807, 2.05) is 37.2 Å². The lowest BCUT2D eigenvalue weighted by atomic mass is 10.2. The molecule has 0 saturated heterocycles. The zero-order chi connectivity index (χ0) is 13.0. The van der Waals surface area contributed by atoms with Gasteiger partial charge in [0, 0.05) is 26.5 Å². The molecule has 1 aromatic heterocycles. The second kappa shape index (κ2) is 5.69. The summed E-state index contributed by atoms with van der Waals surface area (Å²) in [5.41, 5.74) is 2.85. The van der Waals surface area contributed by atoms with E-state index >= 15 is 0 Å². The molecule has 94 valence electrons. The van der Waals surface area contributed by atoms with Gasteiger partial charge in [-0.05, 0) is 12.1 Å². The monoisotopic (exact) mass is 262 g/mol. The van der Waals surface area contributed by atoms with Crippen LogP contribution in [-0.2, 0) is 6.54 Å². The number of rotatable bonds is 4. The summed E-state index contributed by atoms with van der Waals surface area (Å²) in [5, 5.41) is 4.05. The van der Waals surface area contributed by atoms with Gasteiger partial charge in [0.25, 0.3) is 0 Å². The van der Waals surface area contributed by atoms with Gasteiger partial charge in [-0.15, -0.1) is 0 Å². The third kappa shape index (κ3) is 2.90. The van der Waals surface area contributed by atoms with E-state index in [1.165, 1.54) is 0 Å². The molecule has 1 heterocycles. The molecule has 5 heteroatoms. The van der Waals surface area contributed by atoms with Gasteiger partial charge in [-0.25, -0.2) is 0 Å². The van der Waals surface area contributed by atoms with Gasteiger partial charge in [-0.2, -0.15) is 0 Å². The van der Waals surface area contributed by atoms with Crippen LogP contribution < -0.4 is 10.2 Å². The fraction of sp³-hybridized carbons (Fsp3) is 0.231. The first-order valence-electron chi connectivity index (χ1n) is 5.63. The maximum atomic E-state index is 6.20. The molecule has 18 heavy (non-hydrogen) atoms. The number of benzene rings is 1. The van der Waals surface area contributed by atoms with E-state index in [1.54, 1.807) is 18.6 Å². The molecular formula is C13H15ClN4. The Bertz CT molecular complexity index is 514. The van der Waals surface area contributed by atoms with Gasteiger partial charge < -0.3 is 10.2 Å². The highest BCUT2D eigenvalue weighted by Gasteiger charge is 2.08. The highest BCUT2D eigenvalue weighted by Crippen LogP contribution is 2.32. The summed E-state index contributed by atoms with van der Waals surface area (Å²) in [6, 6.07) is 5.80. The number of nitrogens with one attached hydrogen (secondary N) is 1. The predicted molar refractivity (Wildman–Crippen MR) is 75.1 cm³/mol. The fourth-order valence-corrected chi connectivity index (χ4v) is 2.06. The summed E-state index contributed by atoms with van der Waals surface area (Å²) in [6.45, 7) is 0.620. The van der Waals surface area contributed by atoms with Crippen LogP contribution in [0, 0.1) is 0 Å². The second-order valence-corrected chi connectivity index (χ2v) is 4.49. The van der Waals surface area contributed by atoms with Crippen molar-refractivity contribution in [3.05, 3.63) is 47.5 Å². The minimum atomic E-state index is 0.620. The van der Waals surface area contributed by atoms with Crippen LogP contribution in [0.4, 0.5) is 11.4 Å². The number of halogens is 1. The fourth-order valence-electron chi connectivity index (χ4n) is 1.72. The van der Waals surface area contributed by atoms with Crippen LogP contribution in [0.25, 0.3) is 0 Å². The van der Waals surface area contributed by atoms with Crippen LogP contribution in [-0.4, -0.2) is 24.1 Å². The first-order chi connectivity index (χ1) is 8.68. The Morgan fingerprint density at radius 2 is 2.11 bits per heavy atom. The van der Waals surface area contributed by atoms with E-state index in [0.717, 1.165) is 22.1 Å². The van der Waals surface area contributed by atoms with E-state index < -0.39 is 0 Å². The van der Waals surface area contributed by atoms with Gasteiger partial charge in [0.15, 0.2) is 0 Å². The van der Waals surface area contributed by atoms with Crippen molar-refractivity contribution >= 4 is 23.0 Å². The van der Waals surface area contributed by atoms with Crippen LogP contribution in [0.3, 0.4) is 0 Å². The maximum Gasteiger partial charge on any atom is 0.0786 e. The lowest BCUT2D eigenvalue weighted by molar-refractivity contribution is 1.00. The van der Waals surface area contributed by atoms with Crippen LogP contribution in [0.15, 0.2) is 36.8 Å². The minimum Gasteiger partial charge on any atom is -0.378 e. The minimum absolute atomic E-state index is 0.620. The molecule has 1 aromatic carbocycles. The third-order valence-corrected chi connectivity index (χ3v) is 2.82. The summed E-state index contributed by atoms with van der Waals surface area (Å²) < 4.78 is 0. The molecule has 0 aliphatic heterocycles. The molecule has 0 radical (unpaired) electrons. The summed E-state index contributed by atoms with van der Waals surface area (Å²) in [4.78, 5) is 10.2. The molecule has 0 bridgehead atoms. The molecule has 0 aliphatic carbocycles. The van der Waals surface area contributed by atoms with E-state index in [0.29, 0.717) is 6.54 Å². The van der Waals surface area contributed by atoms with Gasteiger partial charge in [-0.3, -0.25) is 9.97 Å². The van der Waals surface area contributed by atoms with E-state index in [4.69, 9.17) is 11.6 Å². The molecule has 1 N–H and O–H groups in total. The quantitative estimate of drug-likeness (QED) is 0.920. The first-order valence-corrected chi connectivity index (χ1v) is 6.01. The molecule has 4 nitrogen and oxygen atoms in total. The van der Waals surface area contributed by atoms with Gasteiger partial charge in [-0.1, -0.05) is 17.7 Å². The average molecular weight is 263 g/mol. The lowest BCUT2D eigenvalue weighted by Crippen LogP contribution is -2.13. The molecule has 0 fully saturated rings. The van der Waals surface area contributed by atoms with E-state index in [9.17, 15) is 0 Å². The number of nitrogens with zero attached hydrogens (tertiary/aromatic N) is 3. The number of hydrogen-bond acceptors (Lipinski definition) is 4. The summed E-state index contributed by atoms with van der Waals surface area (Å²) in [6.07, 6.45) is 5.09. The van der Waals surface area contributed by atoms with Crippen molar-refractivity contribution in [1.29, 1.82) is 0 Å².